The number of morpholine rings is 1. The van der Waals surface area contributed by atoms with Crippen LogP contribution in [0.25, 0.3) is 0 Å². The Kier molecular flexibility index (Phi) is 7.58. The molecule has 9 heteroatoms. The van der Waals surface area contributed by atoms with Crippen LogP contribution >= 0.6 is 23.4 Å². The Morgan fingerprint density at radius 2 is 2.04 bits per heavy atom. The van der Waals surface area contributed by atoms with Crippen LogP contribution in [0, 0.1) is 5.92 Å². The first-order valence-electron chi connectivity index (χ1n) is 9.43. The van der Waals surface area contributed by atoms with Gasteiger partial charge in [-0.3, -0.25) is 9.36 Å². The summed E-state index contributed by atoms with van der Waals surface area (Å²) in [5.74, 6) is 1.53. The molecule has 1 aliphatic heterocycles. The molecule has 0 saturated carbocycles. The standard InChI is InChI=1S/C19H26ClN5O2S/c1-14(2)12-25-18(24-7-9-27-10-8-24)22-23-19(25)28-13-17(26)21-11-15-5-3-4-6-16(15)20/h3-6,14H,7-13H2,1-2H3,(H,21,26). The number of anilines is 1. The van der Waals surface area contributed by atoms with Gasteiger partial charge in [0.05, 0.1) is 19.0 Å². The summed E-state index contributed by atoms with van der Waals surface area (Å²) in [7, 11) is 0. The number of benzene rings is 1. The van der Waals surface area contributed by atoms with Crippen LogP contribution in [0.3, 0.4) is 0 Å². The van der Waals surface area contributed by atoms with E-state index in [0.717, 1.165) is 36.3 Å². The molecule has 2 aromatic rings. The summed E-state index contributed by atoms with van der Waals surface area (Å²) in [6.45, 7) is 8.54. The molecule has 1 fully saturated rings. The van der Waals surface area contributed by atoms with Crippen LogP contribution in [0.2, 0.25) is 5.02 Å². The molecule has 3 rings (SSSR count). The summed E-state index contributed by atoms with van der Waals surface area (Å²) in [5, 5.41) is 13.1. The van der Waals surface area contributed by atoms with Gasteiger partial charge in [-0.1, -0.05) is 55.4 Å². The van der Waals surface area contributed by atoms with E-state index in [4.69, 9.17) is 16.3 Å². The van der Waals surface area contributed by atoms with Gasteiger partial charge < -0.3 is 15.0 Å². The predicted molar refractivity (Wildman–Crippen MR) is 112 cm³/mol. The van der Waals surface area contributed by atoms with E-state index in [1.807, 2.05) is 24.3 Å². The van der Waals surface area contributed by atoms with Gasteiger partial charge in [-0.15, -0.1) is 10.2 Å². The highest BCUT2D eigenvalue weighted by atomic mass is 35.5. The van der Waals surface area contributed by atoms with Gasteiger partial charge >= 0.3 is 0 Å². The van der Waals surface area contributed by atoms with E-state index >= 15 is 0 Å². The van der Waals surface area contributed by atoms with Gasteiger partial charge in [-0.05, 0) is 17.5 Å². The van der Waals surface area contributed by atoms with Gasteiger partial charge in [0.2, 0.25) is 11.9 Å². The van der Waals surface area contributed by atoms with Crippen LogP contribution in [0.4, 0.5) is 5.95 Å². The maximum atomic E-state index is 12.3. The van der Waals surface area contributed by atoms with Crippen molar-refractivity contribution in [2.24, 2.45) is 5.92 Å². The third kappa shape index (κ3) is 5.62. The Labute approximate surface area is 174 Å². The molecule has 0 radical (unpaired) electrons. The highest BCUT2D eigenvalue weighted by Gasteiger charge is 2.21. The number of amides is 1. The highest BCUT2D eigenvalue weighted by molar-refractivity contribution is 7.99. The normalized spacial score (nSPS) is 14.5. The van der Waals surface area contributed by atoms with E-state index in [1.54, 1.807) is 0 Å². The number of nitrogens with zero attached hydrogens (tertiary/aromatic N) is 4. The smallest absolute Gasteiger partial charge is 0.230 e. The molecule has 1 aliphatic rings. The molecule has 1 amide bonds. The van der Waals surface area contributed by atoms with Gasteiger partial charge in [0, 0.05) is 31.2 Å². The summed E-state index contributed by atoms with van der Waals surface area (Å²) < 4.78 is 7.55. The van der Waals surface area contributed by atoms with Crippen LogP contribution in [-0.2, 0) is 22.6 Å². The second-order valence-corrected chi connectivity index (χ2v) is 8.39. The molecule has 152 valence electrons. The maximum Gasteiger partial charge on any atom is 0.230 e. The van der Waals surface area contributed by atoms with Crippen molar-refractivity contribution in [2.75, 3.05) is 37.0 Å². The molecule has 1 aromatic carbocycles. The average molecular weight is 424 g/mol. The second kappa shape index (κ2) is 10.1. The average Bonchev–Trinajstić information content (AvgIpc) is 3.08. The Morgan fingerprint density at radius 3 is 2.75 bits per heavy atom. The van der Waals surface area contributed by atoms with E-state index in [-0.39, 0.29) is 11.7 Å². The molecule has 1 saturated heterocycles. The maximum absolute atomic E-state index is 12.3. The van der Waals surface area contributed by atoms with Crippen molar-refractivity contribution in [3.05, 3.63) is 34.9 Å². The molecule has 0 atom stereocenters. The van der Waals surface area contributed by atoms with Crippen LogP contribution in [0.5, 0.6) is 0 Å². The lowest BCUT2D eigenvalue weighted by molar-refractivity contribution is -0.118. The second-order valence-electron chi connectivity index (χ2n) is 7.04. The summed E-state index contributed by atoms with van der Waals surface area (Å²) in [6, 6.07) is 7.50. The fourth-order valence-electron chi connectivity index (χ4n) is 2.93. The number of halogens is 1. The van der Waals surface area contributed by atoms with Crippen molar-refractivity contribution in [3.63, 3.8) is 0 Å². The number of thioether (sulfide) groups is 1. The summed E-state index contributed by atoms with van der Waals surface area (Å²) in [5.41, 5.74) is 0.903. The van der Waals surface area contributed by atoms with Crippen LogP contribution < -0.4 is 10.2 Å². The van der Waals surface area contributed by atoms with E-state index in [2.05, 4.69) is 38.8 Å². The third-order valence-corrected chi connectivity index (χ3v) is 5.64. The molecule has 7 nitrogen and oxygen atoms in total. The van der Waals surface area contributed by atoms with Gasteiger partial charge in [0.15, 0.2) is 5.16 Å². The summed E-state index contributed by atoms with van der Waals surface area (Å²) in [6.07, 6.45) is 0. The molecule has 2 heterocycles. The minimum Gasteiger partial charge on any atom is -0.378 e. The lowest BCUT2D eigenvalue weighted by Gasteiger charge is -2.28. The zero-order valence-corrected chi connectivity index (χ0v) is 17.8. The minimum atomic E-state index is -0.0584. The first-order chi connectivity index (χ1) is 13.5. The van der Waals surface area contributed by atoms with Crippen molar-refractivity contribution in [3.8, 4) is 0 Å². The lowest BCUT2D eigenvalue weighted by atomic mass is 10.2. The molecule has 0 bridgehead atoms. The molecular weight excluding hydrogens is 398 g/mol. The topological polar surface area (TPSA) is 72.3 Å². The molecule has 0 unspecified atom stereocenters. The summed E-state index contributed by atoms with van der Waals surface area (Å²) in [4.78, 5) is 14.5. The van der Waals surface area contributed by atoms with Crippen LogP contribution in [-0.4, -0.2) is 52.7 Å². The first kappa shape index (κ1) is 21.0. The van der Waals surface area contributed by atoms with Gasteiger partial charge in [0.25, 0.3) is 0 Å². The van der Waals surface area contributed by atoms with E-state index < -0.39 is 0 Å². The molecule has 0 spiro atoms. The van der Waals surface area contributed by atoms with Gasteiger partial charge in [-0.25, -0.2) is 0 Å². The van der Waals surface area contributed by atoms with E-state index in [9.17, 15) is 4.79 Å². The zero-order chi connectivity index (χ0) is 19.9. The third-order valence-electron chi connectivity index (χ3n) is 4.31. The van der Waals surface area contributed by atoms with Crippen molar-refractivity contribution in [2.45, 2.75) is 32.1 Å². The largest absolute Gasteiger partial charge is 0.378 e. The van der Waals surface area contributed by atoms with E-state index in [1.165, 1.54) is 11.8 Å². The number of hydrogen-bond donors (Lipinski definition) is 1. The molecule has 1 N–H and O–H groups in total. The molecule has 0 aliphatic carbocycles. The number of carbonyl (C=O) groups excluding carboxylic acids is 1. The van der Waals surface area contributed by atoms with Crippen LogP contribution in [0.15, 0.2) is 29.4 Å². The van der Waals surface area contributed by atoms with E-state index in [0.29, 0.717) is 30.7 Å². The predicted octanol–water partition coefficient (Wildman–Crippen LogP) is 2.83. The number of ether oxygens (including phenoxy) is 1. The first-order valence-corrected chi connectivity index (χ1v) is 10.8. The highest BCUT2D eigenvalue weighted by Crippen LogP contribution is 2.24. The number of aromatic nitrogens is 3. The van der Waals surface area contributed by atoms with Crippen molar-refractivity contribution >= 4 is 35.2 Å². The molecule has 1 aromatic heterocycles. The van der Waals surface area contributed by atoms with Crippen molar-refractivity contribution in [1.29, 1.82) is 0 Å². The monoisotopic (exact) mass is 423 g/mol. The SMILES string of the molecule is CC(C)Cn1c(SCC(=O)NCc2ccccc2Cl)nnc1N1CCOCC1. The van der Waals surface area contributed by atoms with Crippen molar-refractivity contribution in [1.82, 2.24) is 20.1 Å². The summed E-state index contributed by atoms with van der Waals surface area (Å²) >= 11 is 7.54. The fourth-order valence-corrected chi connectivity index (χ4v) is 3.90. The lowest BCUT2D eigenvalue weighted by Crippen LogP contribution is -2.38. The number of carbonyl (C=O) groups is 1. The quantitative estimate of drug-likeness (QED) is 0.658. The fraction of sp³-hybridized carbons (Fsp3) is 0.526. The van der Waals surface area contributed by atoms with Gasteiger partial charge in [-0.2, -0.15) is 0 Å². The zero-order valence-electron chi connectivity index (χ0n) is 16.2. The minimum absolute atomic E-state index is 0.0584. The Bertz CT molecular complexity index is 792. The number of rotatable bonds is 8. The Balaban J connectivity index is 1.60. The number of hydrogen-bond acceptors (Lipinski definition) is 6. The Morgan fingerprint density at radius 1 is 1.29 bits per heavy atom. The molecular formula is C19H26ClN5O2S. The molecule has 28 heavy (non-hydrogen) atoms. The van der Waals surface area contributed by atoms with Crippen molar-refractivity contribution < 1.29 is 9.53 Å². The number of nitrogens with one attached hydrogen (secondary N) is 1. The Hall–Kier alpha value is -1.77. The van der Waals surface area contributed by atoms with Gasteiger partial charge in [0.1, 0.15) is 0 Å². The van der Waals surface area contributed by atoms with Crippen LogP contribution in [0.1, 0.15) is 19.4 Å².